The number of aromatic nitrogens is 1. The number of thioether (sulfide) groups is 1. The summed E-state index contributed by atoms with van der Waals surface area (Å²) in [6.45, 7) is 2.18. The van der Waals surface area contributed by atoms with Crippen LogP contribution in [0, 0.1) is 0 Å². The van der Waals surface area contributed by atoms with Crippen LogP contribution in [-0.2, 0) is 4.79 Å². The number of aromatic carboxylic acids is 1. The predicted molar refractivity (Wildman–Crippen MR) is 125 cm³/mol. The zero-order valence-corrected chi connectivity index (χ0v) is 19.5. The fraction of sp³-hybridized carbons (Fsp3) is 0.522. The molecule has 1 aliphatic heterocycles. The predicted octanol–water partition coefficient (Wildman–Crippen LogP) is 5.52. The summed E-state index contributed by atoms with van der Waals surface area (Å²) < 4.78 is 0.741. The molecule has 31 heavy (non-hydrogen) atoms. The number of carbonyl (C=O) groups is 2. The summed E-state index contributed by atoms with van der Waals surface area (Å²) in [6, 6.07) is 7.87. The fourth-order valence-electron chi connectivity index (χ4n) is 3.86. The van der Waals surface area contributed by atoms with Crippen molar-refractivity contribution in [2.45, 2.75) is 74.8 Å². The highest BCUT2D eigenvalue weighted by Gasteiger charge is 2.31. The second-order valence-corrected chi connectivity index (χ2v) is 10.1. The number of nitrogens with zero attached hydrogens (tertiary/aromatic N) is 2. The van der Waals surface area contributed by atoms with Crippen LogP contribution in [-0.4, -0.2) is 38.9 Å². The van der Waals surface area contributed by atoms with Crippen LogP contribution in [0.2, 0.25) is 0 Å². The number of hydrogen-bond acceptors (Lipinski definition) is 6. The van der Waals surface area contributed by atoms with Gasteiger partial charge in [0.15, 0.2) is 10.0 Å². The lowest BCUT2D eigenvalue weighted by atomic mass is 10.0. The van der Waals surface area contributed by atoms with E-state index in [2.05, 4.69) is 11.9 Å². The van der Waals surface area contributed by atoms with Crippen LogP contribution in [0.3, 0.4) is 0 Å². The number of unbranched alkanes of at least 4 members (excludes halogenated alkanes) is 3. The quantitative estimate of drug-likeness (QED) is 0.319. The number of hydrogen-bond donors (Lipinski definition) is 2. The third-order valence-corrected chi connectivity index (χ3v) is 7.65. The first-order valence-corrected chi connectivity index (χ1v) is 12.8. The Morgan fingerprint density at radius 1 is 1.29 bits per heavy atom. The summed E-state index contributed by atoms with van der Waals surface area (Å²) in [5.74, 6) is -0.106. The van der Waals surface area contributed by atoms with Crippen molar-refractivity contribution in [3.8, 4) is 0 Å². The zero-order chi connectivity index (χ0) is 22.2. The molecule has 1 aliphatic rings. The third kappa shape index (κ3) is 6.54. The van der Waals surface area contributed by atoms with Crippen molar-refractivity contribution >= 4 is 40.7 Å². The average Bonchev–Trinajstić information content (AvgIpc) is 3.38. The number of benzene rings is 1. The van der Waals surface area contributed by atoms with Crippen LogP contribution in [0.15, 0.2) is 34.0 Å². The molecule has 0 aliphatic carbocycles. The van der Waals surface area contributed by atoms with Gasteiger partial charge in [0.2, 0.25) is 5.91 Å². The fourth-order valence-corrected chi connectivity index (χ4v) is 5.77. The summed E-state index contributed by atoms with van der Waals surface area (Å²) in [5, 5.41) is 20.9. The molecule has 1 saturated heterocycles. The van der Waals surface area contributed by atoms with Crippen LogP contribution >= 0.6 is 23.1 Å². The molecule has 8 heteroatoms. The summed E-state index contributed by atoms with van der Waals surface area (Å²) in [6.07, 6.45) is 7.04. The molecule has 3 rings (SSSR count). The molecule has 0 saturated carbocycles. The Bertz CT molecular complexity index is 869. The van der Waals surface area contributed by atoms with Gasteiger partial charge in [-0.25, -0.2) is 9.78 Å². The van der Waals surface area contributed by atoms with E-state index in [1.165, 1.54) is 35.9 Å². The van der Waals surface area contributed by atoms with Crippen LogP contribution in [0.25, 0.3) is 0 Å². The molecule has 168 valence electrons. The molecule has 1 aromatic heterocycles. The average molecular weight is 463 g/mol. The smallest absolute Gasteiger partial charge is 0.355 e. The topological polar surface area (TPSA) is 90.7 Å². The van der Waals surface area contributed by atoms with Crippen molar-refractivity contribution < 1.29 is 19.8 Å². The first-order valence-electron chi connectivity index (χ1n) is 10.9. The van der Waals surface area contributed by atoms with Crippen LogP contribution in [0.4, 0.5) is 5.69 Å². The summed E-state index contributed by atoms with van der Waals surface area (Å²) >= 11 is 2.87. The van der Waals surface area contributed by atoms with Gasteiger partial charge in [-0.2, -0.15) is 0 Å². The number of anilines is 1. The first-order chi connectivity index (χ1) is 15.0. The maximum Gasteiger partial charge on any atom is 0.355 e. The zero-order valence-electron chi connectivity index (χ0n) is 17.8. The maximum absolute atomic E-state index is 12.5. The highest BCUT2D eigenvalue weighted by Crippen LogP contribution is 2.32. The Morgan fingerprint density at radius 2 is 2.06 bits per heavy atom. The highest BCUT2D eigenvalue weighted by atomic mass is 32.2. The summed E-state index contributed by atoms with van der Waals surface area (Å²) in [7, 11) is 0. The van der Waals surface area contributed by atoms with Gasteiger partial charge in [0, 0.05) is 29.3 Å². The number of carboxylic acids is 1. The highest BCUT2D eigenvalue weighted by molar-refractivity contribution is 8.01. The van der Waals surface area contributed by atoms with E-state index in [9.17, 15) is 14.7 Å². The minimum absolute atomic E-state index is 0.0813. The van der Waals surface area contributed by atoms with Crippen molar-refractivity contribution in [2.75, 3.05) is 10.7 Å². The molecule has 2 N–H and O–H groups in total. The number of amides is 1. The Labute approximate surface area is 191 Å². The largest absolute Gasteiger partial charge is 0.476 e. The minimum atomic E-state index is -1.01. The van der Waals surface area contributed by atoms with Gasteiger partial charge in [-0.15, -0.1) is 11.3 Å². The molecule has 1 amide bonds. The van der Waals surface area contributed by atoms with Crippen LogP contribution in [0.1, 0.15) is 80.4 Å². The Morgan fingerprint density at radius 3 is 2.74 bits per heavy atom. The third-order valence-electron chi connectivity index (χ3n) is 5.59. The number of rotatable bonds is 12. The van der Waals surface area contributed by atoms with Gasteiger partial charge in [-0.05, 0) is 37.0 Å². The Hall–Kier alpha value is -1.90. The van der Waals surface area contributed by atoms with E-state index in [4.69, 9.17) is 5.11 Å². The molecule has 0 spiro atoms. The van der Waals surface area contributed by atoms with Crippen LogP contribution < -0.4 is 4.90 Å². The number of aliphatic hydroxyl groups is 1. The normalized spacial score (nSPS) is 17.3. The number of aliphatic hydroxyl groups excluding tert-OH is 1. The van der Waals surface area contributed by atoms with Crippen molar-refractivity contribution in [3.05, 3.63) is 40.9 Å². The van der Waals surface area contributed by atoms with E-state index in [-0.39, 0.29) is 17.6 Å². The SMILES string of the molecule is CCCCCC[C@@H](O)c1ccc(N2C(=O)CCC2CCSc2nc(C(=O)O)cs2)cc1. The summed E-state index contributed by atoms with van der Waals surface area (Å²) in [4.78, 5) is 29.4. The van der Waals surface area contributed by atoms with Crippen molar-refractivity contribution in [3.63, 3.8) is 0 Å². The second-order valence-electron chi connectivity index (χ2n) is 7.85. The van der Waals surface area contributed by atoms with E-state index in [1.807, 2.05) is 29.2 Å². The molecule has 1 unspecified atom stereocenters. The van der Waals surface area contributed by atoms with Gasteiger partial charge in [0.25, 0.3) is 0 Å². The Balaban J connectivity index is 1.54. The molecule has 2 heterocycles. The molecule has 1 aromatic carbocycles. The monoisotopic (exact) mass is 462 g/mol. The van der Waals surface area contributed by atoms with Crippen molar-refractivity contribution in [2.24, 2.45) is 0 Å². The molecular weight excluding hydrogens is 432 g/mol. The van der Waals surface area contributed by atoms with E-state index >= 15 is 0 Å². The van der Waals surface area contributed by atoms with Gasteiger partial charge in [0.05, 0.1) is 6.10 Å². The maximum atomic E-state index is 12.5. The minimum Gasteiger partial charge on any atom is -0.476 e. The van der Waals surface area contributed by atoms with E-state index in [1.54, 1.807) is 5.38 Å². The molecule has 2 aromatic rings. The van der Waals surface area contributed by atoms with Gasteiger partial charge in [-0.1, -0.05) is 56.5 Å². The van der Waals surface area contributed by atoms with Gasteiger partial charge < -0.3 is 15.1 Å². The van der Waals surface area contributed by atoms with E-state index in [0.717, 1.165) is 53.4 Å². The number of carboxylic acid groups (broad SMARTS) is 1. The second kappa shape index (κ2) is 11.6. The van der Waals surface area contributed by atoms with Gasteiger partial charge in [0.1, 0.15) is 0 Å². The molecule has 0 bridgehead atoms. The molecule has 1 fully saturated rings. The molecule has 2 atom stereocenters. The standard InChI is InChI=1S/C23H30N2O4S2/c1-2-3-4-5-6-20(26)16-7-9-17(10-8-16)25-18(11-12-21(25)27)13-14-30-23-24-19(15-31-23)22(28)29/h7-10,15,18,20,26H,2-6,11-14H2,1H3,(H,28,29)/t18?,20-/m1/s1. The lowest BCUT2D eigenvalue weighted by molar-refractivity contribution is -0.117. The van der Waals surface area contributed by atoms with Crippen LogP contribution in [0.5, 0.6) is 0 Å². The lowest BCUT2D eigenvalue weighted by Gasteiger charge is -2.25. The molecule has 6 nitrogen and oxygen atoms in total. The molecular formula is C23H30N2O4S2. The number of thiazole rings is 1. The van der Waals surface area contributed by atoms with E-state index < -0.39 is 12.1 Å². The lowest BCUT2D eigenvalue weighted by Crippen LogP contribution is -2.33. The molecule has 0 radical (unpaired) electrons. The van der Waals surface area contributed by atoms with Crippen molar-refractivity contribution in [1.29, 1.82) is 0 Å². The van der Waals surface area contributed by atoms with E-state index in [0.29, 0.717) is 6.42 Å². The van der Waals surface area contributed by atoms with Crippen molar-refractivity contribution in [1.82, 2.24) is 4.98 Å². The van der Waals surface area contributed by atoms with Gasteiger partial charge in [-0.3, -0.25) is 4.79 Å². The summed E-state index contributed by atoms with van der Waals surface area (Å²) in [5.41, 5.74) is 1.86. The first kappa shape index (κ1) is 23.8. The number of carbonyl (C=O) groups excluding carboxylic acids is 1. The van der Waals surface area contributed by atoms with Gasteiger partial charge >= 0.3 is 5.97 Å². The Kier molecular flexibility index (Phi) is 8.92.